The fourth-order valence-electron chi connectivity index (χ4n) is 1.78. The molecule has 4 N–H and O–H groups in total. The Morgan fingerprint density at radius 3 is 1.23 bits per heavy atom. The van der Waals surface area contributed by atoms with E-state index in [1.807, 2.05) is 0 Å². The van der Waals surface area contributed by atoms with Gasteiger partial charge in [0.2, 0.25) is 0 Å². The molecule has 0 bridgehead atoms. The van der Waals surface area contributed by atoms with Crippen LogP contribution in [0.15, 0.2) is 0 Å². The van der Waals surface area contributed by atoms with Crippen molar-refractivity contribution in [1.29, 1.82) is 0 Å². The highest BCUT2D eigenvalue weighted by Crippen LogP contribution is 2.09. The van der Waals surface area contributed by atoms with Gasteiger partial charge >= 0.3 is 23.8 Å². The van der Waals surface area contributed by atoms with Crippen LogP contribution in [0.5, 0.6) is 0 Å². The highest BCUT2D eigenvalue weighted by atomic mass is 16.4. The number of aliphatic carboxylic acids is 2. The molecule has 0 fully saturated rings. The van der Waals surface area contributed by atoms with Gasteiger partial charge in [0, 0.05) is 0 Å². The SMILES string of the molecule is CCC(C)[C@H](NC(=O)C(=O)N[C@H](C(=O)O)C(C)CC)C(=O)O. The molecule has 2 amide bonds. The van der Waals surface area contributed by atoms with Crippen LogP contribution in [-0.4, -0.2) is 46.0 Å². The number of amides is 2. The molecule has 0 saturated carbocycles. The molecule has 0 aliphatic heterocycles. The zero-order valence-electron chi connectivity index (χ0n) is 13.3. The number of carboxylic acid groups (broad SMARTS) is 2. The first-order chi connectivity index (χ1) is 10.1. The Kier molecular flexibility index (Phi) is 8.14. The van der Waals surface area contributed by atoms with Crippen LogP contribution in [-0.2, 0) is 19.2 Å². The third-order valence-electron chi connectivity index (χ3n) is 3.74. The van der Waals surface area contributed by atoms with E-state index in [1.54, 1.807) is 27.7 Å². The molecule has 0 aromatic heterocycles. The predicted octanol–water partition coefficient (Wildman–Crippen LogP) is 0.217. The smallest absolute Gasteiger partial charge is 0.326 e. The summed E-state index contributed by atoms with van der Waals surface area (Å²) in [6.07, 6.45) is 1.01. The molecule has 0 saturated heterocycles. The maximum atomic E-state index is 11.8. The van der Waals surface area contributed by atoms with Gasteiger partial charge in [-0.25, -0.2) is 9.59 Å². The van der Waals surface area contributed by atoms with Crippen LogP contribution in [0, 0.1) is 11.8 Å². The molecular formula is C14H24N2O6. The van der Waals surface area contributed by atoms with E-state index in [0.717, 1.165) is 0 Å². The zero-order chi connectivity index (χ0) is 17.4. The first kappa shape index (κ1) is 19.9. The van der Waals surface area contributed by atoms with Crippen LogP contribution in [0.1, 0.15) is 40.5 Å². The van der Waals surface area contributed by atoms with Crippen LogP contribution in [0.25, 0.3) is 0 Å². The van der Waals surface area contributed by atoms with Crippen molar-refractivity contribution in [2.45, 2.75) is 52.6 Å². The van der Waals surface area contributed by atoms with Gasteiger partial charge in [-0.1, -0.05) is 40.5 Å². The lowest BCUT2D eigenvalue weighted by Gasteiger charge is -2.22. The Morgan fingerprint density at radius 2 is 1.05 bits per heavy atom. The third kappa shape index (κ3) is 5.71. The minimum atomic E-state index is -1.24. The molecule has 4 atom stereocenters. The van der Waals surface area contributed by atoms with Crippen molar-refractivity contribution in [2.24, 2.45) is 11.8 Å². The van der Waals surface area contributed by atoms with E-state index in [4.69, 9.17) is 10.2 Å². The second kappa shape index (κ2) is 9.01. The van der Waals surface area contributed by atoms with E-state index in [-0.39, 0.29) is 11.8 Å². The lowest BCUT2D eigenvalue weighted by molar-refractivity contribution is -0.148. The van der Waals surface area contributed by atoms with Gasteiger partial charge in [-0.2, -0.15) is 0 Å². The van der Waals surface area contributed by atoms with Gasteiger partial charge in [0.1, 0.15) is 12.1 Å². The second-order valence-electron chi connectivity index (χ2n) is 5.35. The topological polar surface area (TPSA) is 133 Å². The number of hydrogen-bond donors (Lipinski definition) is 4. The number of carbonyl (C=O) groups excluding carboxylic acids is 2. The number of hydrogen-bond acceptors (Lipinski definition) is 4. The quantitative estimate of drug-likeness (QED) is 0.473. The summed E-state index contributed by atoms with van der Waals surface area (Å²) in [4.78, 5) is 45.7. The van der Waals surface area contributed by atoms with E-state index in [9.17, 15) is 19.2 Å². The van der Waals surface area contributed by atoms with Crippen molar-refractivity contribution >= 4 is 23.8 Å². The minimum Gasteiger partial charge on any atom is -0.480 e. The van der Waals surface area contributed by atoms with Gasteiger partial charge in [-0.15, -0.1) is 0 Å². The fourth-order valence-corrected chi connectivity index (χ4v) is 1.78. The summed E-state index contributed by atoms with van der Waals surface area (Å²) in [6, 6.07) is -2.40. The summed E-state index contributed by atoms with van der Waals surface area (Å²) in [7, 11) is 0. The Morgan fingerprint density at radius 1 is 0.773 bits per heavy atom. The number of rotatable bonds is 8. The molecule has 0 aliphatic carbocycles. The zero-order valence-corrected chi connectivity index (χ0v) is 13.3. The van der Waals surface area contributed by atoms with Crippen LogP contribution in [0.3, 0.4) is 0 Å². The lowest BCUT2D eigenvalue weighted by atomic mass is 9.98. The molecule has 0 spiro atoms. The normalized spacial score (nSPS) is 16.0. The lowest BCUT2D eigenvalue weighted by Crippen LogP contribution is -2.54. The Labute approximate surface area is 129 Å². The van der Waals surface area contributed by atoms with Gasteiger partial charge in [0.05, 0.1) is 0 Å². The Bertz CT molecular complexity index is 397. The van der Waals surface area contributed by atoms with Gasteiger partial charge in [0.15, 0.2) is 0 Å². The van der Waals surface area contributed by atoms with E-state index >= 15 is 0 Å². The number of carbonyl (C=O) groups is 4. The highest BCUT2D eigenvalue weighted by molar-refractivity contribution is 6.35. The van der Waals surface area contributed by atoms with E-state index in [2.05, 4.69) is 10.6 Å². The average molecular weight is 316 g/mol. The average Bonchev–Trinajstić information content (AvgIpc) is 2.47. The van der Waals surface area contributed by atoms with E-state index in [0.29, 0.717) is 12.8 Å². The maximum Gasteiger partial charge on any atom is 0.326 e. The third-order valence-corrected chi connectivity index (χ3v) is 3.74. The van der Waals surface area contributed by atoms with Gasteiger partial charge < -0.3 is 20.8 Å². The first-order valence-electron chi connectivity index (χ1n) is 7.22. The molecule has 0 rings (SSSR count). The first-order valence-corrected chi connectivity index (χ1v) is 7.22. The summed E-state index contributed by atoms with van der Waals surface area (Å²) in [5, 5.41) is 22.4. The van der Waals surface area contributed by atoms with Crippen molar-refractivity contribution in [2.75, 3.05) is 0 Å². The summed E-state index contributed by atoms with van der Waals surface area (Å²) in [6.45, 7) is 6.79. The van der Waals surface area contributed by atoms with E-state index in [1.165, 1.54) is 0 Å². The fraction of sp³-hybridized carbons (Fsp3) is 0.714. The van der Waals surface area contributed by atoms with Gasteiger partial charge in [-0.3, -0.25) is 9.59 Å². The van der Waals surface area contributed by atoms with E-state index < -0.39 is 35.8 Å². The van der Waals surface area contributed by atoms with Crippen LogP contribution in [0.4, 0.5) is 0 Å². The van der Waals surface area contributed by atoms with Crippen molar-refractivity contribution in [3.8, 4) is 0 Å². The number of nitrogens with one attached hydrogen (secondary N) is 2. The number of carboxylic acids is 2. The molecule has 126 valence electrons. The summed E-state index contributed by atoms with van der Waals surface area (Å²) in [5.74, 6) is -5.51. The summed E-state index contributed by atoms with van der Waals surface area (Å²) >= 11 is 0. The maximum absolute atomic E-state index is 11.8. The highest BCUT2D eigenvalue weighted by Gasteiger charge is 2.31. The minimum absolute atomic E-state index is 0.362. The molecule has 8 nitrogen and oxygen atoms in total. The van der Waals surface area contributed by atoms with Crippen molar-refractivity contribution < 1.29 is 29.4 Å². The Hall–Kier alpha value is -2.12. The molecule has 0 heterocycles. The Balaban J connectivity index is 4.87. The molecular weight excluding hydrogens is 292 g/mol. The standard InChI is InChI=1S/C14H24N2O6/c1-5-7(3)9(13(19)20)15-11(17)12(18)16-10(14(21)22)8(4)6-2/h7-10H,5-6H2,1-4H3,(H,15,17)(H,16,18)(H,19,20)(H,21,22)/t7?,8?,9-,10-/m0/s1. The van der Waals surface area contributed by atoms with Crippen molar-refractivity contribution in [3.63, 3.8) is 0 Å². The monoisotopic (exact) mass is 316 g/mol. The van der Waals surface area contributed by atoms with Crippen molar-refractivity contribution in [1.82, 2.24) is 10.6 Å². The molecule has 0 aliphatic rings. The predicted molar refractivity (Wildman–Crippen MR) is 78.0 cm³/mol. The van der Waals surface area contributed by atoms with Gasteiger partial charge in [-0.05, 0) is 11.8 Å². The van der Waals surface area contributed by atoms with Crippen molar-refractivity contribution in [3.05, 3.63) is 0 Å². The molecule has 22 heavy (non-hydrogen) atoms. The van der Waals surface area contributed by atoms with Gasteiger partial charge in [0.25, 0.3) is 0 Å². The molecule has 0 radical (unpaired) electrons. The van der Waals surface area contributed by atoms with Crippen LogP contribution < -0.4 is 10.6 Å². The van der Waals surface area contributed by atoms with Crippen LogP contribution in [0.2, 0.25) is 0 Å². The van der Waals surface area contributed by atoms with Crippen LogP contribution >= 0.6 is 0 Å². The molecule has 0 aromatic carbocycles. The molecule has 0 aromatic rings. The summed E-state index contributed by atoms with van der Waals surface area (Å²) in [5.41, 5.74) is 0. The second-order valence-corrected chi connectivity index (χ2v) is 5.35. The molecule has 2 unspecified atom stereocenters. The summed E-state index contributed by atoms with van der Waals surface area (Å²) < 4.78 is 0. The molecule has 8 heteroatoms. The largest absolute Gasteiger partial charge is 0.480 e.